The molecule has 0 fully saturated rings. The van der Waals surface area contributed by atoms with Crippen LogP contribution in [0.1, 0.15) is 25.3 Å². The van der Waals surface area contributed by atoms with Gasteiger partial charge in [0.1, 0.15) is 10.8 Å². The maximum atomic E-state index is 5.51. The Morgan fingerprint density at radius 3 is 3.00 bits per heavy atom. The molecule has 0 aliphatic rings. The van der Waals surface area contributed by atoms with Gasteiger partial charge < -0.3 is 5.73 Å². The van der Waals surface area contributed by atoms with Gasteiger partial charge in [-0.15, -0.1) is 11.3 Å². The van der Waals surface area contributed by atoms with Crippen LogP contribution in [0, 0.1) is 0 Å². The van der Waals surface area contributed by atoms with E-state index < -0.39 is 0 Å². The summed E-state index contributed by atoms with van der Waals surface area (Å²) in [6.45, 7) is 4.44. The van der Waals surface area contributed by atoms with E-state index in [4.69, 9.17) is 5.73 Å². The molecule has 1 aromatic rings. The summed E-state index contributed by atoms with van der Waals surface area (Å²) in [5.41, 5.74) is 5.51. The summed E-state index contributed by atoms with van der Waals surface area (Å²) in [5, 5.41) is 3.75. The van der Waals surface area contributed by atoms with Crippen LogP contribution in [0.3, 0.4) is 0 Å². The second-order valence-corrected chi connectivity index (χ2v) is 5.07. The molecular formula is C8H14N2S2. The van der Waals surface area contributed by atoms with E-state index in [2.05, 4.69) is 18.8 Å². The minimum Gasteiger partial charge on any atom is -0.383 e. The lowest BCUT2D eigenvalue weighted by molar-refractivity contribution is 0.905. The van der Waals surface area contributed by atoms with Crippen molar-refractivity contribution >= 4 is 28.9 Å². The van der Waals surface area contributed by atoms with Crippen molar-refractivity contribution in [1.82, 2.24) is 4.98 Å². The number of anilines is 1. The molecule has 0 radical (unpaired) electrons. The number of hydrogen-bond acceptors (Lipinski definition) is 4. The first-order valence-electron chi connectivity index (χ1n) is 4.04. The minimum atomic E-state index is 0.653. The molecule has 1 rings (SSSR count). The maximum Gasteiger partial charge on any atom is 0.134 e. The zero-order valence-electron chi connectivity index (χ0n) is 7.41. The summed E-state index contributed by atoms with van der Waals surface area (Å²) in [6, 6.07) is 0. The third kappa shape index (κ3) is 3.03. The topological polar surface area (TPSA) is 38.9 Å². The Morgan fingerprint density at radius 1 is 1.75 bits per heavy atom. The molecule has 0 aliphatic heterocycles. The van der Waals surface area contributed by atoms with Crippen LogP contribution in [-0.2, 0) is 5.75 Å². The first kappa shape index (κ1) is 9.86. The molecular weight excluding hydrogens is 188 g/mol. The van der Waals surface area contributed by atoms with Gasteiger partial charge in [-0.2, -0.15) is 11.8 Å². The summed E-state index contributed by atoms with van der Waals surface area (Å²) in [4.78, 5) is 4.19. The van der Waals surface area contributed by atoms with E-state index in [1.54, 1.807) is 11.3 Å². The monoisotopic (exact) mass is 202 g/mol. The number of nitrogen functional groups attached to an aromatic ring is 1. The number of nitrogens with zero attached hydrogens (tertiary/aromatic N) is 1. The number of thioether (sulfide) groups is 1. The van der Waals surface area contributed by atoms with Crippen LogP contribution >= 0.6 is 23.1 Å². The van der Waals surface area contributed by atoms with Crippen LogP contribution in [0.25, 0.3) is 0 Å². The Balaban J connectivity index is 2.33. The van der Waals surface area contributed by atoms with Gasteiger partial charge in [-0.25, -0.2) is 4.98 Å². The van der Waals surface area contributed by atoms with Crippen LogP contribution in [0.15, 0.2) is 5.38 Å². The van der Waals surface area contributed by atoms with Crippen LogP contribution in [-0.4, -0.2) is 10.2 Å². The fourth-order valence-corrected chi connectivity index (χ4v) is 2.39. The molecule has 1 aromatic heterocycles. The van der Waals surface area contributed by atoms with Gasteiger partial charge in [0.15, 0.2) is 0 Å². The largest absolute Gasteiger partial charge is 0.383 e. The second kappa shape index (κ2) is 4.72. The molecule has 1 atom stereocenters. The summed E-state index contributed by atoms with van der Waals surface area (Å²) >= 11 is 3.58. The van der Waals surface area contributed by atoms with Gasteiger partial charge in [0, 0.05) is 16.4 Å². The van der Waals surface area contributed by atoms with Crippen LogP contribution in [0.2, 0.25) is 0 Å². The predicted octanol–water partition coefficient (Wildman–Crippen LogP) is 2.76. The van der Waals surface area contributed by atoms with Crippen molar-refractivity contribution in [1.29, 1.82) is 0 Å². The Labute approximate surface area is 81.6 Å². The predicted molar refractivity (Wildman–Crippen MR) is 57.6 cm³/mol. The van der Waals surface area contributed by atoms with Gasteiger partial charge in [0.05, 0.1) is 0 Å². The first-order chi connectivity index (χ1) is 5.72. The third-order valence-electron chi connectivity index (χ3n) is 1.64. The molecule has 4 heteroatoms. The quantitative estimate of drug-likeness (QED) is 0.816. The Kier molecular flexibility index (Phi) is 3.88. The molecule has 0 spiro atoms. The Morgan fingerprint density at radius 2 is 2.50 bits per heavy atom. The van der Waals surface area contributed by atoms with Crippen LogP contribution in [0.4, 0.5) is 5.82 Å². The van der Waals surface area contributed by atoms with Gasteiger partial charge >= 0.3 is 0 Å². The third-order valence-corrected chi connectivity index (χ3v) is 4.03. The van der Waals surface area contributed by atoms with Gasteiger partial charge in [-0.1, -0.05) is 13.8 Å². The zero-order chi connectivity index (χ0) is 8.97. The van der Waals surface area contributed by atoms with Crippen molar-refractivity contribution < 1.29 is 0 Å². The SMILES string of the molecule is CCC(C)SCc1nc(N)cs1. The van der Waals surface area contributed by atoms with Crippen molar-refractivity contribution in [2.75, 3.05) is 5.73 Å². The van der Waals surface area contributed by atoms with Gasteiger partial charge in [0.2, 0.25) is 0 Å². The number of nitrogens with two attached hydrogens (primary N) is 1. The fourth-order valence-electron chi connectivity index (χ4n) is 0.723. The van der Waals surface area contributed by atoms with Crippen molar-refractivity contribution in [3.05, 3.63) is 10.4 Å². The summed E-state index contributed by atoms with van der Waals surface area (Å²) in [5.74, 6) is 1.65. The Hall–Kier alpha value is -0.220. The summed E-state index contributed by atoms with van der Waals surface area (Å²) in [6.07, 6.45) is 1.21. The highest BCUT2D eigenvalue weighted by atomic mass is 32.2. The molecule has 68 valence electrons. The molecule has 0 bridgehead atoms. The standard InChI is InChI=1S/C8H14N2S2/c1-3-6(2)11-5-8-10-7(9)4-12-8/h4,6H,3,5,9H2,1-2H3. The lowest BCUT2D eigenvalue weighted by Crippen LogP contribution is -1.93. The van der Waals surface area contributed by atoms with E-state index in [1.807, 2.05) is 17.1 Å². The summed E-state index contributed by atoms with van der Waals surface area (Å²) in [7, 11) is 0. The van der Waals surface area contributed by atoms with Crippen molar-refractivity contribution in [3.63, 3.8) is 0 Å². The second-order valence-electron chi connectivity index (χ2n) is 2.70. The molecule has 0 aromatic carbocycles. The molecule has 1 heterocycles. The van der Waals surface area contributed by atoms with Gasteiger partial charge in [0.25, 0.3) is 0 Å². The van der Waals surface area contributed by atoms with Gasteiger partial charge in [-0.3, -0.25) is 0 Å². The molecule has 1 unspecified atom stereocenters. The molecule has 12 heavy (non-hydrogen) atoms. The van der Waals surface area contributed by atoms with Crippen molar-refractivity contribution in [2.24, 2.45) is 0 Å². The molecule has 2 N–H and O–H groups in total. The van der Waals surface area contributed by atoms with E-state index in [0.717, 1.165) is 16.0 Å². The average Bonchev–Trinajstić information content (AvgIpc) is 2.47. The number of hydrogen-bond donors (Lipinski definition) is 1. The normalized spacial score (nSPS) is 13.2. The van der Waals surface area contributed by atoms with Gasteiger partial charge in [-0.05, 0) is 6.42 Å². The Bertz CT molecular complexity index is 235. The van der Waals surface area contributed by atoms with E-state index in [9.17, 15) is 0 Å². The molecule has 0 saturated heterocycles. The first-order valence-corrected chi connectivity index (χ1v) is 5.96. The highest BCUT2D eigenvalue weighted by molar-refractivity contribution is 7.99. The minimum absolute atomic E-state index is 0.653. The highest BCUT2D eigenvalue weighted by Crippen LogP contribution is 2.22. The molecule has 2 nitrogen and oxygen atoms in total. The van der Waals surface area contributed by atoms with E-state index in [1.165, 1.54) is 6.42 Å². The lowest BCUT2D eigenvalue weighted by Gasteiger charge is -2.04. The van der Waals surface area contributed by atoms with Crippen molar-refractivity contribution in [3.8, 4) is 0 Å². The highest BCUT2D eigenvalue weighted by Gasteiger charge is 2.02. The molecule has 0 saturated carbocycles. The van der Waals surface area contributed by atoms with E-state index >= 15 is 0 Å². The van der Waals surface area contributed by atoms with E-state index in [0.29, 0.717) is 5.82 Å². The summed E-state index contributed by atoms with van der Waals surface area (Å²) < 4.78 is 0. The van der Waals surface area contributed by atoms with Crippen molar-refractivity contribution in [2.45, 2.75) is 31.3 Å². The molecule has 0 aliphatic carbocycles. The maximum absolute atomic E-state index is 5.51. The van der Waals surface area contributed by atoms with E-state index in [-0.39, 0.29) is 0 Å². The van der Waals surface area contributed by atoms with Crippen LogP contribution in [0.5, 0.6) is 0 Å². The zero-order valence-corrected chi connectivity index (χ0v) is 9.04. The number of rotatable bonds is 4. The fraction of sp³-hybridized carbons (Fsp3) is 0.625. The number of thiazole rings is 1. The smallest absolute Gasteiger partial charge is 0.134 e. The molecule has 0 amide bonds. The van der Waals surface area contributed by atoms with Crippen LogP contribution < -0.4 is 5.73 Å². The number of aromatic nitrogens is 1. The lowest BCUT2D eigenvalue weighted by atomic mass is 10.4. The average molecular weight is 202 g/mol.